The molecular formula is C24H23NO4. The van der Waals surface area contributed by atoms with E-state index in [0.717, 1.165) is 11.1 Å². The number of allylic oxidation sites excluding steroid dienone is 2. The standard InChI is InChI=1S/C24H23NO4/c1-15-10-11-17(12-16(15)2)22(26)14-29-19-7-5-6-18(13-19)25-23(27)20-8-3-4-9-21(20)24(25)28/h3-7,10-13,20-21H,8-9,14H2,1-2H3/t20-,21-/m0/s1. The fourth-order valence-corrected chi connectivity index (χ4v) is 3.91. The molecule has 5 heteroatoms. The number of imide groups is 1. The zero-order chi connectivity index (χ0) is 20.5. The molecule has 1 heterocycles. The fraction of sp³-hybridized carbons (Fsp3) is 0.292. The SMILES string of the molecule is Cc1ccc(C(=O)COc2cccc(N3C(=O)[C@H]4CC=CC[C@@H]4C3=O)c2)cc1C. The molecular weight excluding hydrogens is 366 g/mol. The molecule has 0 radical (unpaired) electrons. The first-order valence-electron chi connectivity index (χ1n) is 9.82. The number of ketones is 1. The summed E-state index contributed by atoms with van der Waals surface area (Å²) in [4.78, 5) is 39.2. The highest BCUT2D eigenvalue weighted by atomic mass is 16.5. The fourth-order valence-electron chi connectivity index (χ4n) is 3.91. The van der Waals surface area contributed by atoms with E-state index in [1.807, 2.05) is 38.1 Å². The summed E-state index contributed by atoms with van der Waals surface area (Å²) < 4.78 is 5.67. The van der Waals surface area contributed by atoms with E-state index in [9.17, 15) is 14.4 Å². The van der Waals surface area contributed by atoms with Gasteiger partial charge in [-0.15, -0.1) is 0 Å². The maximum atomic E-state index is 12.7. The van der Waals surface area contributed by atoms with Gasteiger partial charge in [-0.2, -0.15) is 0 Å². The van der Waals surface area contributed by atoms with Gasteiger partial charge in [-0.05, 0) is 56.0 Å². The molecule has 1 saturated heterocycles. The van der Waals surface area contributed by atoms with Crippen LogP contribution in [0.5, 0.6) is 5.75 Å². The molecule has 0 saturated carbocycles. The molecule has 1 aliphatic heterocycles. The number of carbonyl (C=O) groups is 3. The molecule has 5 nitrogen and oxygen atoms in total. The second kappa shape index (κ2) is 7.66. The molecule has 2 amide bonds. The number of hydrogen-bond donors (Lipinski definition) is 0. The molecule has 148 valence electrons. The van der Waals surface area contributed by atoms with Crippen LogP contribution in [0.15, 0.2) is 54.6 Å². The number of aryl methyl sites for hydroxylation is 2. The Hall–Kier alpha value is -3.21. The average Bonchev–Trinajstić information content (AvgIpc) is 2.99. The van der Waals surface area contributed by atoms with Gasteiger partial charge in [0.1, 0.15) is 5.75 Å². The Morgan fingerprint density at radius 3 is 2.31 bits per heavy atom. The highest BCUT2D eigenvalue weighted by molar-refractivity contribution is 6.22. The first kappa shape index (κ1) is 19.1. The van der Waals surface area contributed by atoms with Gasteiger partial charge in [-0.3, -0.25) is 14.4 Å². The Morgan fingerprint density at radius 2 is 1.66 bits per heavy atom. The summed E-state index contributed by atoms with van der Waals surface area (Å²) in [6.07, 6.45) is 5.14. The summed E-state index contributed by atoms with van der Waals surface area (Å²) in [6.45, 7) is 3.86. The van der Waals surface area contributed by atoms with Gasteiger partial charge in [0.2, 0.25) is 11.8 Å². The molecule has 1 fully saturated rings. The van der Waals surface area contributed by atoms with Crippen LogP contribution in [-0.2, 0) is 9.59 Å². The van der Waals surface area contributed by atoms with Crippen molar-refractivity contribution < 1.29 is 19.1 Å². The lowest BCUT2D eigenvalue weighted by Crippen LogP contribution is -2.30. The highest BCUT2D eigenvalue weighted by Gasteiger charge is 2.47. The number of benzene rings is 2. The zero-order valence-corrected chi connectivity index (χ0v) is 16.6. The van der Waals surface area contributed by atoms with Crippen molar-refractivity contribution in [2.24, 2.45) is 11.8 Å². The molecule has 2 aromatic rings. The van der Waals surface area contributed by atoms with Crippen molar-refractivity contribution in [3.8, 4) is 5.75 Å². The van der Waals surface area contributed by atoms with Crippen molar-refractivity contribution in [3.63, 3.8) is 0 Å². The van der Waals surface area contributed by atoms with Gasteiger partial charge < -0.3 is 4.74 Å². The zero-order valence-electron chi connectivity index (χ0n) is 16.6. The van der Waals surface area contributed by atoms with Gasteiger partial charge in [0.05, 0.1) is 17.5 Å². The topological polar surface area (TPSA) is 63.7 Å². The number of nitrogens with zero attached hydrogens (tertiary/aromatic N) is 1. The Kier molecular flexibility index (Phi) is 5.05. The summed E-state index contributed by atoms with van der Waals surface area (Å²) in [5.74, 6) is -0.538. The summed E-state index contributed by atoms with van der Waals surface area (Å²) in [5, 5.41) is 0. The maximum absolute atomic E-state index is 12.7. The number of hydrogen-bond acceptors (Lipinski definition) is 4. The molecule has 0 bridgehead atoms. The summed E-state index contributed by atoms with van der Waals surface area (Å²) >= 11 is 0. The van der Waals surface area contributed by atoms with Crippen molar-refractivity contribution in [1.29, 1.82) is 0 Å². The molecule has 0 spiro atoms. The summed E-state index contributed by atoms with van der Waals surface area (Å²) in [6, 6.07) is 12.4. The van der Waals surface area contributed by atoms with Crippen LogP contribution in [0.1, 0.15) is 34.3 Å². The average molecular weight is 389 g/mol. The number of fused-ring (bicyclic) bond motifs is 1. The first-order valence-corrected chi connectivity index (χ1v) is 9.82. The third kappa shape index (κ3) is 3.60. The molecule has 1 aliphatic carbocycles. The minimum atomic E-state index is -0.275. The van der Waals surface area contributed by atoms with Crippen LogP contribution in [-0.4, -0.2) is 24.2 Å². The van der Waals surface area contributed by atoms with Crippen LogP contribution in [0.3, 0.4) is 0 Å². The van der Waals surface area contributed by atoms with Gasteiger partial charge in [-0.25, -0.2) is 4.90 Å². The lowest BCUT2D eigenvalue weighted by atomic mass is 9.85. The minimum absolute atomic E-state index is 0.108. The molecule has 0 N–H and O–H groups in total. The summed E-state index contributed by atoms with van der Waals surface area (Å²) in [5.41, 5.74) is 3.28. The van der Waals surface area contributed by atoms with Crippen molar-refractivity contribution in [3.05, 3.63) is 71.3 Å². The second-order valence-corrected chi connectivity index (χ2v) is 7.68. The smallest absolute Gasteiger partial charge is 0.238 e. The third-order valence-electron chi connectivity index (χ3n) is 5.78. The van der Waals surface area contributed by atoms with Crippen molar-refractivity contribution >= 4 is 23.3 Å². The van der Waals surface area contributed by atoms with Crippen molar-refractivity contribution in [2.75, 3.05) is 11.5 Å². The van der Waals surface area contributed by atoms with Gasteiger partial charge in [0, 0.05) is 11.6 Å². The largest absolute Gasteiger partial charge is 0.485 e. The van der Waals surface area contributed by atoms with Crippen molar-refractivity contribution in [1.82, 2.24) is 0 Å². The molecule has 4 rings (SSSR count). The quantitative estimate of drug-likeness (QED) is 0.440. The molecule has 2 aliphatic rings. The van der Waals surface area contributed by atoms with Crippen LogP contribution in [0.25, 0.3) is 0 Å². The van der Waals surface area contributed by atoms with E-state index in [2.05, 4.69) is 0 Å². The Bertz CT molecular complexity index is 997. The predicted octanol–water partition coefficient (Wildman–Crippen LogP) is 4.02. The van der Waals surface area contributed by atoms with Crippen LogP contribution in [0, 0.1) is 25.7 Å². The van der Waals surface area contributed by atoms with Crippen LogP contribution >= 0.6 is 0 Å². The predicted molar refractivity (Wildman–Crippen MR) is 110 cm³/mol. The van der Waals surface area contributed by atoms with Gasteiger partial charge in [0.15, 0.2) is 12.4 Å². The Labute approximate surface area is 170 Å². The minimum Gasteiger partial charge on any atom is -0.485 e. The number of carbonyl (C=O) groups excluding carboxylic acids is 3. The van der Waals surface area contributed by atoms with E-state index in [-0.39, 0.29) is 36.0 Å². The van der Waals surface area contributed by atoms with Gasteiger partial charge in [-0.1, -0.05) is 30.4 Å². The van der Waals surface area contributed by atoms with Gasteiger partial charge >= 0.3 is 0 Å². The molecule has 0 aromatic heterocycles. The number of ether oxygens (including phenoxy) is 1. The van der Waals surface area contributed by atoms with E-state index >= 15 is 0 Å². The monoisotopic (exact) mass is 389 g/mol. The van der Waals surface area contributed by atoms with E-state index in [1.54, 1.807) is 30.3 Å². The Balaban J connectivity index is 1.48. The normalized spacial score (nSPS) is 20.7. The number of rotatable bonds is 5. The van der Waals surface area contributed by atoms with Crippen molar-refractivity contribution in [2.45, 2.75) is 26.7 Å². The molecule has 29 heavy (non-hydrogen) atoms. The lowest BCUT2D eigenvalue weighted by Gasteiger charge is -2.16. The lowest BCUT2D eigenvalue weighted by molar-refractivity contribution is -0.122. The first-order chi connectivity index (χ1) is 14.0. The maximum Gasteiger partial charge on any atom is 0.238 e. The number of amides is 2. The van der Waals surface area contributed by atoms with E-state index in [4.69, 9.17) is 4.74 Å². The number of Topliss-reactive ketones (excluding diaryl/α,β-unsaturated/α-hetero) is 1. The van der Waals surface area contributed by atoms with E-state index in [0.29, 0.717) is 29.8 Å². The van der Waals surface area contributed by atoms with Crippen LogP contribution in [0.4, 0.5) is 5.69 Å². The van der Waals surface area contributed by atoms with Crippen LogP contribution < -0.4 is 9.64 Å². The second-order valence-electron chi connectivity index (χ2n) is 7.68. The summed E-state index contributed by atoms with van der Waals surface area (Å²) in [7, 11) is 0. The molecule has 2 atom stereocenters. The van der Waals surface area contributed by atoms with E-state index < -0.39 is 0 Å². The van der Waals surface area contributed by atoms with Gasteiger partial charge in [0.25, 0.3) is 0 Å². The molecule has 0 unspecified atom stereocenters. The number of anilines is 1. The van der Waals surface area contributed by atoms with E-state index in [1.165, 1.54) is 4.90 Å². The Morgan fingerprint density at radius 1 is 0.966 bits per heavy atom. The molecule has 2 aromatic carbocycles. The highest BCUT2D eigenvalue weighted by Crippen LogP contribution is 2.38. The third-order valence-corrected chi connectivity index (χ3v) is 5.78. The van der Waals surface area contributed by atoms with Crippen LogP contribution in [0.2, 0.25) is 0 Å².